The summed E-state index contributed by atoms with van der Waals surface area (Å²) in [4.78, 5) is 10.3. The summed E-state index contributed by atoms with van der Waals surface area (Å²) < 4.78 is 30.1. The Morgan fingerprint density at radius 1 is 1.39 bits per heavy atom. The first kappa shape index (κ1) is 15.4. The smallest absolute Gasteiger partial charge is 0.320 e. The van der Waals surface area contributed by atoms with E-state index in [-0.39, 0.29) is 12.6 Å². The number of hydrogen-bond donors (Lipinski definition) is 3. The highest BCUT2D eigenvalue weighted by Gasteiger charge is 2.15. The van der Waals surface area contributed by atoms with Crippen molar-refractivity contribution in [1.82, 2.24) is 10.0 Å². The molecule has 0 aromatic carbocycles. The highest BCUT2D eigenvalue weighted by Crippen LogP contribution is 2.07. The summed E-state index contributed by atoms with van der Waals surface area (Å²) in [5, 5.41) is 11.6. The molecule has 0 bridgehead atoms. The van der Waals surface area contributed by atoms with Gasteiger partial charge in [-0.3, -0.25) is 4.79 Å². The SMILES string of the molecule is O=C(O)CS(=O)(=O)NCCCOC1CCNCC1. The number of aliphatic carboxylic acids is 1. The third-order valence-electron chi connectivity index (χ3n) is 2.60. The Morgan fingerprint density at radius 3 is 2.67 bits per heavy atom. The van der Waals surface area contributed by atoms with Crippen molar-refractivity contribution in [2.24, 2.45) is 0 Å². The molecule has 0 spiro atoms. The number of ether oxygens (including phenoxy) is 1. The first-order chi connectivity index (χ1) is 8.49. The normalized spacial score (nSPS) is 17.8. The molecule has 106 valence electrons. The molecule has 0 saturated carbocycles. The van der Waals surface area contributed by atoms with Crippen molar-refractivity contribution < 1.29 is 23.1 Å². The van der Waals surface area contributed by atoms with Gasteiger partial charge in [0.2, 0.25) is 10.0 Å². The molecule has 0 unspecified atom stereocenters. The fourth-order valence-electron chi connectivity index (χ4n) is 1.73. The Labute approximate surface area is 107 Å². The number of carbonyl (C=O) groups is 1. The Bertz CT molecular complexity index is 351. The molecule has 0 aliphatic carbocycles. The van der Waals surface area contributed by atoms with E-state index in [2.05, 4.69) is 10.0 Å². The standard InChI is InChI=1S/C10H20N2O5S/c13-10(14)8-18(15,16)12-4-1-7-17-9-2-5-11-6-3-9/h9,11-12H,1-8H2,(H,13,14). The van der Waals surface area contributed by atoms with Gasteiger partial charge in [-0.15, -0.1) is 0 Å². The van der Waals surface area contributed by atoms with Crippen LogP contribution >= 0.6 is 0 Å². The first-order valence-electron chi connectivity index (χ1n) is 6.01. The maximum Gasteiger partial charge on any atom is 0.320 e. The van der Waals surface area contributed by atoms with E-state index in [1.165, 1.54) is 0 Å². The van der Waals surface area contributed by atoms with E-state index >= 15 is 0 Å². The summed E-state index contributed by atoms with van der Waals surface area (Å²) in [5.74, 6) is -2.24. The van der Waals surface area contributed by atoms with Gasteiger partial charge < -0.3 is 15.2 Å². The fraction of sp³-hybridized carbons (Fsp3) is 0.900. The van der Waals surface area contributed by atoms with Crippen LogP contribution in [0, 0.1) is 0 Å². The minimum absolute atomic E-state index is 0.209. The molecule has 8 heteroatoms. The largest absolute Gasteiger partial charge is 0.480 e. The van der Waals surface area contributed by atoms with E-state index in [1.54, 1.807) is 0 Å². The van der Waals surface area contributed by atoms with Gasteiger partial charge in [0.05, 0.1) is 6.10 Å². The summed E-state index contributed by atoms with van der Waals surface area (Å²) in [5.41, 5.74) is 0. The highest BCUT2D eigenvalue weighted by molar-refractivity contribution is 7.90. The topological polar surface area (TPSA) is 105 Å². The quantitative estimate of drug-likeness (QED) is 0.500. The summed E-state index contributed by atoms with van der Waals surface area (Å²) in [6.07, 6.45) is 2.75. The summed E-state index contributed by atoms with van der Waals surface area (Å²) >= 11 is 0. The highest BCUT2D eigenvalue weighted by atomic mass is 32.2. The van der Waals surface area contributed by atoms with Crippen LogP contribution < -0.4 is 10.0 Å². The lowest BCUT2D eigenvalue weighted by Crippen LogP contribution is -2.33. The third-order valence-corrected chi connectivity index (χ3v) is 3.87. The van der Waals surface area contributed by atoms with Gasteiger partial charge in [-0.25, -0.2) is 13.1 Å². The molecule has 0 aromatic heterocycles. The van der Waals surface area contributed by atoms with Crippen LogP contribution in [0.4, 0.5) is 0 Å². The number of rotatable bonds is 8. The minimum Gasteiger partial charge on any atom is -0.480 e. The lowest BCUT2D eigenvalue weighted by molar-refractivity contribution is -0.134. The minimum atomic E-state index is -3.70. The summed E-state index contributed by atoms with van der Waals surface area (Å²) in [6, 6.07) is 0. The monoisotopic (exact) mass is 280 g/mol. The van der Waals surface area contributed by atoms with Gasteiger partial charge >= 0.3 is 5.97 Å². The zero-order chi connectivity index (χ0) is 13.4. The van der Waals surface area contributed by atoms with Crippen molar-refractivity contribution >= 4 is 16.0 Å². The van der Waals surface area contributed by atoms with Crippen molar-refractivity contribution in [3.8, 4) is 0 Å². The van der Waals surface area contributed by atoms with Crippen molar-refractivity contribution in [3.63, 3.8) is 0 Å². The number of carboxylic acid groups (broad SMARTS) is 1. The van der Waals surface area contributed by atoms with E-state index in [0.29, 0.717) is 13.0 Å². The number of nitrogens with one attached hydrogen (secondary N) is 2. The van der Waals surface area contributed by atoms with Crippen LogP contribution in [0.5, 0.6) is 0 Å². The van der Waals surface area contributed by atoms with E-state index in [9.17, 15) is 13.2 Å². The van der Waals surface area contributed by atoms with Crippen LogP contribution in [0.15, 0.2) is 0 Å². The summed E-state index contributed by atoms with van der Waals surface area (Å²) in [7, 11) is -3.70. The molecule has 1 fully saturated rings. The van der Waals surface area contributed by atoms with Gasteiger partial charge in [0.15, 0.2) is 5.75 Å². The van der Waals surface area contributed by atoms with E-state index in [0.717, 1.165) is 25.9 Å². The zero-order valence-corrected chi connectivity index (χ0v) is 11.0. The van der Waals surface area contributed by atoms with Crippen LogP contribution in [0.3, 0.4) is 0 Å². The Morgan fingerprint density at radius 2 is 2.06 bits per heavy atom. The number of piperidine rings is 1. The molecule has 1 saturated heterocycles. The van der Waals surface area contributed by atoms with Crippen LogP contribution in [0.2, 0.25) is 0 Å². The van der Waals surface area contributed by atoms with Gasteiger partial charge in [-0.1, -0.05) is 0 Å². The van der Waals surface area contributed by atoms with E-state index in [1.807, 2.05) is 0 Å². The number of hydrogen-bond acceptors (Lipinski definition) is 5. The Kier molecular flexibility index (Phi) is 6.55. The predicted molar refractivity (Wildman–Crippen MR) is 65.9 cm³/mol. The van der Waals surface area contributed by atoms with Crippen molar-refractivity contribution in [2.75, 3.05) is 32.0 Å². The second kappa shape index (κ2) is 7.67. The molecule has 1 aliphatic heterocycles. The van der Waals surface area contributed by atoms with E-state index in [4.69, 9.17) is 9.84 Å². The molecule has 0 atom stereocenters. The van der Waals surface area contributed by atoms with Crippen LogP contribution in [0.25, 0.3) is 0 Å². The molecule has 1 heterocycles. The lowest BCUT2D eigenvalue weighted by atomic mass is 10.1. The van der Waals surface area contributed by atoms with Gasteiger partial charge in [0, 0.05) is 13.2 Å². The average Bonchev–Trinajstić information content (AvgIpc) is 2.28. The predicted octanol–water partition coefficient (Wildman–Crippen LogP) is -0.851. The molecule has 1 aliphatic rings. The van der Waals surface area contributed by atoms with Gasteiger partial charge in [-0.2, -0.15) is 0 Å². The van der Waals surface area contributed by atoms with Gasteiger partial charge in [0.1, 0.15) is 0 Å². The van der Waals surface area contributed by atoms with Gasteiger partial charge in [0.25, 0.3) is 0 Å². The molecule has 18 heavy (non-hydrogen) atoms. The number of sulfonamides is 1. The Balaban J connectivity index is 2.05. The molecule has 1 rings (SSSR count). The van der Waals surface area contributed by atoms with Crippen molar-refractivity contribution in [3.05, 3.63) is 0 Å². The summed E-state index contributed by atoms with van der Waals surface area (Å²) in [6.45, 7) is 2.60. The van der Waals surface area contributed by atoms with Crippen molar-refractivity contribution in [1.29, 1.82) is 0 Å². The maximum atomic E-state index is 11.2. The number of carboxylic acids is 1. The molecule has 0 aromatic rings. The zero-order valence-electron chi connectivity index (χ0n) is 10.2. The molecule has 0 radical (unpaired) electrons. The fourth-order valence-corrected chi connectivity index (χ4v) is 2.61. The first-order valence-corrected chi connectivity index (χ1v) is 7.66. The molecule has 7 nitrogen and oxygen atoms in total. The van der Waals surface area contributed by atoms with E-state index < -0.39 is 21.7 Å². The maximum absolute atomic E-state index is 11.2. The Hall–Kier alpha value is -0.700. The third kappa shape index (κ3) is 6.90. The van der Waals surface area contributed by atoms with Crippen molar-refractivity contribution in [2.45, 2.75) is 25.4 Å². The van der Waals surface area contributed by atoms with Crippen LogP contribution in [-0.2, 0) is 19.6 Å². The second-order valence-electron chi connectivity index (χ2n) is 4.22. The average molecular weight is 280 g/mol. The molecular formula is C10H20N2O5S. The van der Waals surface area contributed by atoms with Crippen LogP contribution in [-0.4, -0.2) is 57.6 Å². The van der Waals surface area contributed by atoms with Crippen LogP contribution in [0.1, 0.15) is 19.3 Å². The molecular weight excluding hydrogens is 260 g/mol. The second-order valence-corrected chi connectivity index (χ2v) is 6.03. The molecule has 0 amide bonds. The molecule has 3 N–H and O–H groups in total. The van der Waals surface area contributed by atoms with Gasteiger partial charge in [-0.05, 0) is 32.4 Å². The lowest BCUT2D eigenvalue weighted by Gasteiger charge is -2.22.